The van der Waals surface area contributed by atoms with Crippen LogP contribution in [0.15, 0.2) is 0 Å². The van der Waals surface area contributed by atoms with Crippen LogP contribution >= 0.6 is 0 Å². The van der Waals surface area contributed by atoms with Gasteiger partial charge in [-0.15, -0.1) is 0 Å². The van der Waals surface area contributed by atoms with Gasteiger partial charge < -0.3 is 0 Å². The molecule has 0 amide bonds. The average Bonchev–Trinajstić information content (AvgIpc) is 2.31. The van der Waals surface area contributed by atoms with Gasteiger partial charge in [0.25, 0.3) is 0 Å². The molecular formula is C12H17F9O2. The van der Waals surface area contributed by atoms with E-state index >= 15 is 0 Å². The minimum absolute atomic E-state index is 0.376. The molecular weight excluding hydrogens is 347 g/mol. The van der Waals surface area contributed by atoms with Crippen LogP contribution in [0, 0.1) is 0 Å². The van der Waals surface area contributed by atoms with Crippen LogP contribution < -0.4 is 0 Å². The highest BCUT2D eigenvalue weighted by Gasteiger charge is 2.81. The molecule has 0 fully saturated rings. The van der Waals surface area contributed by atoms with E-state index in [1.807, 2.05) is 0 Å². The van der Waals surface area contributed by atoms with Crippen LogP contribution in [-0.4, -0.2) is 35.6 Å². The van der Waals surface area contributed by atoms with E-state index in [4.69, 9.17) is 0 Å². The summed E-state index contributed by atoms with van der Waals surface area (Å²) in [6.45, 7) is 5.45. The van der Waals surface area contributed by atoms with Crippen molar-refractivity contribution in [2.45, 2.75) is 76.2 Å². The molecule has 0 heterocycles. The van der Waals surface area contributed by atoms with E-state index in [-0.39, 0.29) is 6.42 Å². The van der Waals surface area contributed by atoms with E-state index in [0.717, 1.165) is 0 Å². The van der Waals surface area contributed by atoms with Crippen LogP contribution in [0.5, 0.6) is 0 Å². The van der Waals surface area contributed by atoms with Crippen molar-refractivity contribution in [2.75, 3.05) is 0 Å². The molecule has 0 aromatic carbocycles. The van der Waals surface area contributed by atoms with Crippen molar-refractivity contribution >= 4 is 0 Å². The lowest BCUT2D eigenvalue weighted by Crippen LogP contribution is -2.61. The lowest BCUT2D eigenvalue weighted by molar-refractivity contribution is -0.411. The zero-order valence-electron chi connectivity index (χ0n) is 12.7. The van der Waals surface area contributed by atoms with Gasteiger partial charge >= 0.3 is 23.9 Å². The minimum atomic E-state index is -6.90. The molecule has 23 heavy (non-hydrogen) atoms. The van der Waals surface area contributed by atoms with Gasteiger partial charge in [-0.05, 0) is 27.2 Å². The Balaban J connectivity index is 5.29. The summed E-state index contributed by atoms with van der Waals surface area (Å²) in [6.07, 6.45) is -11.1. The molecule has 0 aromatic rings. The predicted octanol–water partition coefficient (Wildman–Crippen LogP) is 5.37. The second-order valence-electron chi connectivity index (χ2n) is 5.88. The number of hydrogen-bond donors (Lipinski definition) is 0. The van der Waals surface area contributed by atoms with Crippen molar-refractivity contribution in [3.05, 3.63) is 0 Å². The Kier molecular flexibility index (Phi) is 6.45. The highest BCUT2D eigenvalue weighted by atomic mass is 19.4. The highest BCUT2D eigenvalue weighted by molar-refractivity contribution is 5.01. The molecule has 0 saturated heterocycles. The molecule has 0 aliphatic heterocycles. The number of hydrogen-bond acceptors (Lipinski definition) is 2. The maximum atomic E-state index is 13.4. The topological polar surface area (TPSA) is 18.5 Å². The summed E-state index contributed by atoms with van der Waals surface area (Å²) in [5, 5.41) is 0. The van der Waals surface area contributed by atoms with E-state index in [9.17, 15) is 39.5 Å². The Morgan fingerprint density at radius 1 is 0.783 bits per heavy atom. The van der Waals surface area contributed by atoms with Gasteiger partial charge in [-0.25, -0.2) is 9.78 Å². The first-order chi connectivity index (χ1) is 9.89. The standard InChI is InChI=1S/C12H17F9O2/c1-5-7(22-23-8(2,3)4)6-9(13,14)10(15,16)11(17,18)12(19,20)21/h7H,5-6H2,1-4H3. The molecule has 2 nitrogen and oxygen atoms in total. The SMILES string of the molecule is CCC(CC(F)(F)C(F)(F)C(F)(F)C(F)(F)F)OOC(C)(C)C. The van der Waals surface area contributed by atoms with Crippen molar-refractivity contribution in [2.24, 2.45) is 0 Å². The molecule has 0 spiro atoms. The Morgan fingerprint density at radius 2 is 1.22 bits per heavy atom. The lowest BCUT2D eigenvalue weighted by Gasteiger charge is -2.35. The molecule has 0 aliphatic rings. The number of rotatable bonds is 7. The third kappa shape index (κ3) is 5.13. The second-order valence-corrected chi connectivity index (χ2v) is 5.88. The summed E-state index contributed by atoms with van der Waals surface area (Å²) >= 11 is 0. The molecule has 0 N–H and O–H groups in total. The Labute approximate surface area is 126 Å². The molecule has 0 aliphatic carbocycles. The van der Waals surface area contributed by atoms with Crippen molar-refractivity contribution < 1.29 is 49.3 Å². The molecule has 1 unspecified atom stereocenters. The van der Waals surface area contributed by atoms with Gasteiger partial charge in [-0.2, -0.15) is 39.5 Å². The predicted molar refractivity (Wildman–Crippen MR) is 61.5 cm³/mol. The fourth-order valence-electron chi connectivity index (χ4n) is 1.28. The van der Waals surface area contributed by atoms with Crippen LogP contribution in [0.2, 0.25) is 0 Å². The largest absolute Gasteiger partial charge is 0.460 e. The summed E-state index contributed by atoms with van der Waals surface area (Å²) < 4.78 is 114. The molecule has 0 aromatic heterocycles. The maximum absolute atomic E-state index is 13.4. The summed E-state index contributed by atoms with van der Waals surface area (Å²) in [7, 11) is 0. The molecule has 140 valence electrons. The zero-order valence-corrected chi connectivity index (χ0v) is 12.7. The summed E-state index contributed by atoms with van der Waals surface area (Å²) in [4.78, 5) is 9.05. The summed E-state index contributed by atoms with van der Waals surface area (Å²) in [6, 6.07) is 0. The second kappa shape index (κ2) is 6.66. The summed E-state index contributed by atoms with van der Waals surface area (Å²) in [5.74, 6) is -19.2. The lowest BCUT2D eigenvalue weighted by atomic mass is 9.97. The maximum Gasteiger partial charge on any atom is 0.460 e. The van der Waals surface area contributed by atoms with Gasteiger partial charge in [-0.3, -0.25) is 0 Å². The molecule has 11 heteroatoms. The summed E-state index contributed by atoms with van der Waals surface area (Å²) in [5.41, 5.74) is -1.03. The van der Waals surface area contributed by atoms with Gasteiger partial charge in [0, 0.05) is 6.42 Å². The Bertz CT molecular complexity index is 385. The van der Waals surface area contributed by atoms with Crippen LogP contribution in [0.1, 0.15) is 40.5 Å². The molecule has 0 radical (unpaired) electrons. The smallest absolute Gasteiger partial charge is 0.233 e. The van der Waals surface area contributed by atoms with Gasteiger partial charge in [0.1, 0.15) is 0 Å². The van der Waals surface area contributed by atoms with Crippen molar-refractivity contribution in [1.82, 2.24) is 0 Å². The third-order valence-electron chi connectivity index (χ3n) is 2.58. The van der Waals surface area contributed by atoms with Crippen molar-refractivity contribution in [1.29, 1.82) is 0 Å². The first-order valence-electron chi connectivity index (χ1n) is 6.43. The van der Waals surface area contributed by atoms with Crippen LogP contribution in [0.4, 0.5) is 39.5 Å². The van der Waals surface area contributed by atoms with Crippen molar-refractivity contribution in [3.63, 3.8) is 0 Å². The quantitative estimate of drug-likeness (QED) is 0.344. The first-order valence-corrected chi connectivity index (χ1v) is 6.43. The Hall–Kier alpha value is -0.710. The number of halogens is 9. The fraction of sp³-hybridized carbons (Fsp3) is 1.00. The Morgan fingerprint density at radius 3 is 1.52 bits per heavy atom. The molecule has 0 rings (SSSR count). The fourth-order valence-corrected chi connectivity index (χ4v) is 1.28. The molecule has 0 saturated carbocycles. The van der Waals surface area contributed by atoms with Gasteiger partial charge in [0.05, 0.1) is 11.7 Å². The van der Waals surface area contributed by atoms with Gasteiger partial charge in [0.15, 0.2) is 0 Å². The minimum Gasteiger partial charge on any atom is -0.233 e. The van der Waals surface area contributed by atoms with Gasteiger partial charge in [0.2, 0.25) is 0 Å². The van der Waals surface area contributed by atoms with E-state index in [1.165, 1.54) is 27.7 Å². The van der Waals surface area contributed by atoms with E-state index in [1.54, 1.807) is 0 Å². The number of alkyl halides is 9. The van der Waals surface area contributed by atoms with E-state index in [0.29, 0.717) is 0 Å². The highest BCUT2D eigenvalue weighted by Crippen LogP contribution is 2.54. The van der Waals surface area contributed by atoms with Crippen LogP contribution in [0.25, 0.3) is 0 Å². The normalized spacial score (nSPS) is 16.6. The average molecular weight is 364 g/mol. The molecule has 0 bridgehead atoms. The van der Waals surface area contributed by atoms with E-state index < -0.39 is 42.1 Å². The first kappa shape index (κ1) is 22.3. The van der Waals surface area contributed by atoms with Gasteiger partial charge in [-0.1, -0.05) is 6.92 Å². The van der Waals surface area contributed by atoms with Crippen LogP contribution in [-0.2, 0) is 9.78 Å². The van der Waals surface area contributed by atoms with Crippen molar-refractivity contribution in [3.8, 4) is 0 Å². The monoisotopic (exact) mass is 364 g/mol. The van der Waals surface area contributed by atoms with Crippen LogP contribution in [0.3, 0.4) is 0 Å². The molecule has 1 atom stereocenters. The van der Waals surface area contributed by atoms with E-state index in [2.05, 4.69) is 9.78 Å². The zero-order chi connectivity index (χ0) is 18.9. The third-order valence-corrected chi connectivity index (χ3v) is 2.58.